The van der Waals surface area contributed by atoms with Crippen molar-refractivity contribution < 1.29 is 125 Å². The highest BCUT2D eigenvalue weighted by Crippen LogP contribution is 2.33. The fourth-order valence-corrected chi connectivity index (χ4v) is 10.5. The molecule has 5 aromatic rings. The lowest BCUT2D eigenvalue weighted by molar-refractivity contribution is -0.384. The van der Waals surface area contributed by atoms with Crippen LogP contribution in [0.1, 0.15) is 208 Å². The standard InChI is InChI=1S/C28H39N3O8.C22H34N2O7.C18H23N3O4.C16H24N2O5.C6H6N2O3/c1-27(2,3)38-25(35)29-21-13-12-20(18-22(21)30-26(36)39-28(4,5)6)37-17-8-7-10-19(32)11-9-16-31-23(33)14-15-24(31)34;1-21(2,3)30-19(26)23-16-12-11-15(29-13-9-8-10-18(25)28-7)14-17(16)24-20(27)31-22(4,5)6;19-15-7-6-14(12-16(15)20)25-11-2-1-4-13(22)5-3-10-21-17(23)8-9-18(21)24;1-15(2,3)22-13(20)17-11-8-7-10(19)9-12(11)18-14(21)23-16(4,5)6;7-5-2-1-4(9)3-6(5)8(10)11/h12-15,18H,7-11,16-17H2,1-6H3,(H,29,35)(H,30,36);11-12,14H,8-10,13H2,1-7H3,(H,23,26)(H,24,27);6-9,12H,1-5,10-11,19-20H2;7-9,19H,1-6H3,(H,17,20)(H,18,21);1-3,9H,7H2. The molecule has 39 heteroatoms. The maximum Gasteiger partial charge on any atom is 0.412 e. The Morgan fingerprint density at radius 1 is 0.349 bits per heavy atom. The van der Waals surface area contributed by atoms with Crippen molar-refractivity contribution in [3.63, 3.8) is 0 Å². The molecule has 2 aliphatic rings. The van der Waals surface area contributed by atoms with Gasteiger partial charge in [-0.05, 0) is 237 Å². The highest BCUT2D eigenvalue weighted by molar-refractivity contribution is 6.13. The van der Waals surface area contributed by atoms with E-state index >= 15 is 0 Å². The van der Waals surface area contributed by atoms with Crippen LogP contribution in [0.25, 0.3) is 0 Å². The summed E-state index contributed by atoms with van der Waals surface area (Å²) in [5.41, 5.74) is 15.0. The molecule has 0 bridgehead atoms. The van der Waals surface area contributed by atoms with Crippen LogP contribution in [0.15, 0.2) is 115 Å². The molecule has 2 heterocycles. The number of amides is 10. The van der Waals surface area contributed by atoms with Crippen molar-refractivity contribution in [1.82, 2.24) is 9.80 Å². The molecule has 5 aromatic carbocycles. The maximum atomic E-state index is 12.4. The van der Waals surface area contributed by atoms with Gasteiger partial charge < -0.3 is 74.8 Å². The number of anilines is 9. The Morgan fingerprint density at radius 2 is 0.620 bits per heavy atom. The summed E-state index contributed by atoms with van der Waals surface area (Å²) >= 11 is 0. The predicted molar refractivity (Wildman–Crippen MR) is 485 cm³/mol. The molecule has 0 radical (unpaired) electrons. The lowest BCUT2D eigenvalue weighted by atomic mass is 10.1. The Morgan fingerprint density at radius 3 is 0.930 bits per heavy atom. The van der Waals surface area contributed by atoms with Crippen LogP contribution in [0.3, 0.4) is 0 Å². The Kier molecular flexibility index (Phi) is 43.7. The van der Waals surface area contributed by atoms with Gasteiger partial charge in [0.1, 0.15) is 79.6 Å². The van der Waals surface area contributed by atoms with E-state index in [-0.39, 0.29) is 94.2 Å². The van der Waals surface area contributed by atoms with Crippen molar-refractivity contribution in [3.8, 4) is 28.7 Å². The molecule has 0 saturated heterocycles. The molecule has 0 unspecified atom stereocenters. The van der Waals surface area contributed by atoms with Crippen molar-refractivity contribution in [2.24, 2.45) is 0 Å². The number of ether oxygens (including phenoxy) is 10. The van der Waals surface area contributed by atoms with Crippen LogP contribution in [-0.4, -0.2) is 176 Å². The number of aromatic hydroxyl groups is 2. The second-order valence-electron chi connectivity index (χ2n) is 34.8. The first-order chi connectivity index (χ1) is 59.8. The fourth-order valence-electron chi connectivity index (χ4n) is 10.5. The molecule has 0 aromatic heterocycles. The van der Waals surface area contributed by atoms with E-state index < -0.39 is 75.1 Å². The molecule has 0 atom stereocenters. The molecule has 14 N–H and O–H groups in total. The molecule has 0 spiro atoms. The topological polar surface area (TPSA) is 555 Å². The van der Waals surface area contributed by atoms with E-state index in [0.29, 0.717) is 136 Å². The number of esters is 1. The Hall–Kier alpha value is -13.9. The number of nitrogens with one attached hydrogen (secondary N) is 6. The number of benzene rings is 5. The van der Waals surface area contributed by atoms with Gasteiger partial charge in [-0.3, -0.25) is 85.4 Å². The minimum absolute atomic E-state index is 0.0489. The van der Waals surface area contributed by atoms with Gasteiger partial charge in [0.15, 0.2) is 0 Å². The Balaban J connectivity index is 0.000000433. The third-order valence-electron chi connectivity index (χ3n) is 16.1. The molecule has 39 nitrogen and oxygen atoms in total. The number of nitrogen functional groups attached to an aromatic ring is 3. The van der Waals surface area contributed by atoms with Gasteiger partial charge in [0, 0.05) is 93.8 Å². The van der Waals surface area contributed by atoms with Crippen molar-refractivity contribution in [3.05, 3.63) is 125 Å². The van der Waals surface area contributed by atoms with Crippen molar-refractivity contribution >= 4 is 135 Å². The monoisotopic (exact) mass is 1810 g/mol. The SMILES string of the molecule is CC(C)(C)OC(=O)Nc1ccc(O)cc1NC(=O)OC(C)(C)C.CC(C)(C)OC(=O)Nc1ccc(OCCCCC(=O)CCCN2C(=O)C=CC2=O)cc1NC(=O)OC(C)(C)C.COC(=O)CCCCOc1ccc(NC(=O)OC(C)(C)C)c(NC(=O)OC(C)(C)C)c1.Nc1ccc(O)cc1[N+](=O)[O-].Nc1ccc(OCCCCC(=O)CCCN2C(=O)C=CC2=O)cc1N. The molecular weight excluding hydrogens is 1680 g/mol. The molecule has 7 rings (SSSR count). The van der Waals surface area contributed by atoms with Gasteiger partial charge in [-0.15, -0.1) is 0 Å². The molecule has 129 heavy (non-hydrogen) atoms. The number of phenolic OH excluding ortho intramolecular Hbond substituents is 2. The van der Waals surface area contributed by atoms with Gasteiger partial charge >= 0.3 is 42.5 Å². The number of nitro benzene ring substituents is 1. The summed E-state index contributed by atoms with van der Waals surface area (Å²) < 4.78 is 53.1. The van der Waals surface area contributed by atoms with E-state index in [9.17, 15) is 77.5 Å². The maximum absolute atomic E-state index is 12.4. The third-order valence-corrected chi connectivity index (χ3v) is 16.1. The van der Waals surface area contributed by atoms with E-state index in [2.05, 4.69) is 36.6 Å². The zero-order valence-corrected chi connectivity index (χ0v) is 76.9. The van der Waals surface area contributed by atoms with Gasteiger partial charge in [-0.1, -0.05) is 0 Å². The van der Waals surface area contributed by atoms with Gasteiger partial charge in [0.2, 0.25) is 0 Å². The number of rotatable bonds is 33. The Bertz CT molecular complexity index is 4720. The highest BCUT2D eigenvalue weighted by atomic mass is 16.6. The van der Waals surface area contributed by atoms with Gasteiger partial charge in [-0.2, -0.15) is 0 Å². The van der Waals surface area contributed by atoms with Crippen LogP contribution in [0.2, 0.25) is 0 Å². The summed E-state index contributed by atoms with van der Waals surface area (Å²) in [5.74, 6) is -0.00675. The largest absolute Gasteiger partial charge is 0.508 e. The number of imide groups is 2. The van der Waals surface area contributed by atoms with Crippen LogP contribution in [-0.2, 0) is 66.7 Å². The van der Waals surface area contributed by atoms with Crippen LogP contribution in [0.4, 0.5) is 85.6 Å². The number of carbonyl (C=O) groups excluding carboxylic acids is 13. The number of nitro groups is 1. The number of unbranched alkanes of at least 4 members (excludes halogenated alkanes) is 3. The molecule has 10 amide bonds. The lowest BCUT2D eigenvalue weighted by Gasteiger charge is -2.22. The van der Waals surface area contributed by atoms with Crippen molar-refractivity contribution in [2.75, 3.05) is 89.1 Å². The van der Waals surface area contributed by atoms with E-state index in [1.165, 1.54) is 61.7 Å². The summed E-state index contributed by atoms with van der Waals surface area (Å²) in [5, 5.41) is 44.1. The predicted octanol–water partition coefficient (Wildman–Crippen LogP) is 16.9. The highest BCUT2D eigenvalue weighted by Gasteiger charge is 2.28. The summed E-state index contributed by atoms with van der Waals surface area (Å²) in [7, 11) is 1.35. The summed E-state index contributed by atoms with van der Waals surface area (Å²) in [6.45, 7) is 33.1. The number of carbonyl (C=O) groups is 13. The molecule has 0 saturated carbocycles. The summed E-state index contributed by atoms with van der Waals surface area (Å²) in [6, 6.07) is 22.5. The number of ketones is 2. The van der Waals surface area contributed by atoms with E-state index in [1.807, 2.05) is 0 Å². The van der Waals surface area contributed by atoms with Crippen LogP contribution in [0, 0.1) is 10.1 Å². The van der Waals surface area contributed by atoms with Crippen LogP contribution >= 0.6 is 0 Å². The molecule has 708 valence electrons. The lowest BCUT2D eigenvalue weighted by Crippen LogP contribution is -2.31. The smallest absolute Gasteiger partial charge is 0.412 e. The van der Waals surface area contributed by atoms with Crippen molar-refractivity contribution in [1.29, 1.82) is 0 Å². The number of nitrogens with two attached hydrogens (primary N) is 3. The van der Waals surface area contributed by atoms with Gasteiger partial charge in [-0.25, -0.2) is 28.8 Å². The van der Waals surface area contributed by atoms with Crippen LogP contribution < -0.4 is 63.3 Å². The first-order valence-electron chi connectivity index (χ1n) is 41.4. The second-order valence-corrected chi connectivity index (χ2v) is 34.8. The van der Waals surface area contributed by atoms with Crippen molar-refractivity contribution in [2.45, 2.75) is 242 Å². The van der Waals surface area contributed by atoms with E-state index in [4.69, 9.17) is 64.9 Å². The van der Waals surface area contributed by atoms with Crippen LogP contribution in [0.5, 0.6) is 28.7 Å². The van der Waals surface area contributed by atoms with Gasteiger partial charge in [0.25, 0.3) is 29.3 Å². The second kappa shape index (κ2) is 51.6. The molecular formula is C90H126N12O27. The molecule has 2 aliphatic heterocycles. The zero-order chi connectivity index (χ0) is 97.4. The number of Topliss-reactive ketones (excluding diaryl/α,β-unsaturated/α-hetero) is 2. The normalized spacial score (nSPS) is 12.2. The quantitative estimate of drug-likeness (QED) is 0.00272. The number of methoxy groups -OCH3 is 1. The average Bonchev–Trinajstić information content (AvgIpc) is 1.57. The average molecular weight is 1810 g/mol. The first kappa shape index (κ1) is 109. The molecule has 0 aliphatic carbocycles. The zero-order valence-electron chi connectivity index (χ0n) is 76.9. The Labute approximate surface area is 751 Å². The number of phenols is 2. The number of hydrogen-bond donors (Lipinski definition) is 11. The number of hydrogen-bond acceptors (Lipinski definition) is 30. The minimum atomic E-state index is -0.714. The fraction of sp³-hybridized carbons (Fsp3) is 0.478. The summed E-state index contributed by atoms with van der Waals surface area (Å²) in [6.07, 6.45) is 7.64. The summed E-state index contributed by atoms with van der Waals surface area (Å²) in [4.78, 5) is 165. The minimum Gasteiger partial charge on any atom is -0.508 e. The molecule has 0 fully saturated rings. The van der Waals surface area contributed by atoms with E-state index in [0.717, 1.165) is 28.7 Å². The third kappa shape index (κ3) is 47.8. The van der Waals surface area contributed by atoms with Gasteiger partial charge in [0.05, 0.1) is 83.4 Å². The van der Waals surface area contributed by atoms with E-state index in [1.54, 1.807) is 179 Å². The first-order valence-corrected chi connectivity index (χ1v) is 41.4. The number of nitrogens with zero attached hydrogens (tertiary/aromatic N) is 3.